The number of nitrogens with one attached hydrogen (secondary N) is 3. The van der Waals surface area contributed by atoms with E-state index in [2.05, 4.69) is 32.0 Å². The van der Waals surface area contributed by atoms with Crippen molar-refractivity contribution < 1.29 is 14.4 Å². The molecule has 8 heteroatoms. The van der Waals surface area contributed by atoms with Crippen LogP contribution in [0.25, 0.3) is 0 Å². The van der Waals surface area contributed by atoms with Crippen LogP contribution in [0.1, 0.15) is 27.2 Å². The lowest BCUT2D eigenvalue weighted by Crippen LogP contribution is -2.53. The number of hydrazine groups is 1. The largest absolute Gasteiger partial charge is 0.344 e. The van der Waals surface area contributed by atoms with Crippen LogP contribution in [0.4, 0.5) is 15.3 Å². The number of halogens is 1. The van der Waals surface area contributed by atoms with E-state index in [4.69, 9.17) is 0 Å². The van der Waals surface area contributed by atoms with E-state index in [0.29, 0.717) is 12.1 Å². The fourth-order valence-electron chi connectivity index (χ4n) is 2.53. The summed E-state index contributed by atoms with van der Waals surface area (Å²) in [6, 6.07) is 5.64. The molecular formula is C15H19BrN4O3. The minimum absolute atomic E-state index is 0.0923. The maximum atomic E-state index is 12.5. The molecule has 1 aromatic carbocycles. The standard InChI is InChI=1S/C15H19BrN4O3/c1-4-15(9(2)3)12(21)20(14(23)18-15)19-13(22)17-11-7-5-10(16)6-8-11/h5-9H,4H2,1-3H3,(H,18,23)(H2,17,19,22)/t15-/m0/s1. The molecule has 2 rings (SSSR count). The summed E-state index contributed by atoms with van der Waals surface area (Å²) in [4.78, 5) is 36.6. The Morgan fingerprint density at radius 1 is 1.30 bits per heavy atom. The number of urea groups is 2. The van der Waals surface area contributed by atoms with Crippen LogP contribution in [0.3, 0.4) is 0 Å². The lowest BCUT2D eigenvalue weighted by molar-refractivity contribution is -0.134. The highest BCUT2D eigenvalue weighted by Crippen LogP contribution is 2.28. The monoisotopic (exact) mass is 382 g/mol. The van der Waals surface area contributed by atoms with Crippen molar-refractivity contribution >= 4 is 39.6 Å². The van der Waals surface area contributed by atoms with Crippen LogP contribution in [0.2, 0.25) is 0 Å². The smallest absolute Gasteiger partial charge is 0.321 e. The van der Waals surface area contributed by atoms with E-state index in [-0.39, 0.29) is 5.92 Å². The topological polar surface area (TPSA) is 90.5 Å². The Morgan fingerprint density at radius 3 is 2.39 bits per heavy atom. The Balaban J connectivity index is 2.07. The van der Waals surface area contributed by atoms with Gasteiger partial charge in [0.15, 0.2) is 0 Å². The summed E-state index contributed by atoms with van der Waals surface area (Å²) >= 11 is 3.30. The summed E-state index contributed by atoms with van der Waals surface area (Å²) in [7, 11) is 0. The summed E-state index contributed by atoms with van der Waals surface area (Å²) in [5.74, 6) is -0.545. The molecule has 0 aliphatic carbocycles. The Bertz CT molecular complexity index is 632. The van der Waals surface area contributed by atoms with Crippen LogP contribution < -0.4 is 16.1 Å². The molecule has 0 aromatic heterocycles. The second-order valence-electron chi connectivity index (χ2n) is 5.62. The maximum absolute atomic E-state index is 12.5. The quantitative estimate of drug-likeness (QED) is 0.699. The van der Waals surface area contributed by atoms with E-state index < -0.39 is 23.5 Å². The average Bonchev–Trinajstić information content (AvgIpc) is 2.74. The van der Waals surface area contributed by atoms with Gasteiger partial charge in [-0.2, -0.15) is 5.01 Å². The number of nitrogens with zero attached hydrogens (tertiary/aromatic N) is 1. The van der Waals surface area contributed by atoms with Gasteiger partial charge in [-0.05, 0) is 36.6 Å². The Kier molecular flexibility index (Phi) is 4.93. The molecule has 1 saturated heterocycles. The van der Waals surface area contributed by atoms with Crippen molar-refractivity contribution in [2.45, 2.75) is 32.7 Å². The second-order valence-corrected chi connectivity index (χ2v) is 6.54. The maximum Gasteiger partial charge on any atom is 0.344 e. The van der Waals surface area contributed by atoms with Crippen molar-refractivity contribution in [3.63, 3.8) is 0 Å². The zero-order chi connectivity index (χ0) is 17.2. The van der Waals surface area contributed by atoms with E-state index >= 15 is 0 Å². The number of amides is 5. The summed E-state index contributed by atoms with van der Waals surface area (Å²) in [5.41, 5.74) is 1.86. The van der Waals surface area contributed by atoms with Crippen LogP contribution in [-0.4, -0.2) is 28.5 Å². The lowest BCUT2D eigenvalue weighted by atomic mass is 9.84. The van der Waals surface area contributed by atoms with Gasteiger partial charge in [-0.15, -0.1) is 0 Å². The van der Waals surface area contributed by atoms with E-state index in [1.54, 1.807) is 24.3 Å². The van der Waals surface area contributed by atoms with Gasteiger partial charge < -0.3 is 10.6 Å². The van der Waals surface area contributed by atoms with Gasteiger partial charge in [-0.1, -0.05) is 36.7 Å². The molecule has 0 bridgehead atoms. The average molecular weight is 383 g/mol. The molecule has 1 aromatic rings. The predicted molar refractivity (Wildman–Crippen MR) is 89.5 cm³/mol. The Hall–Kier alpha value is -2.09. The first-order chi connectivity index (χ1) is 10.8. The van der Waals surface area contributed by atoms with E-state index in [1.807, 2.05) is 20.8 Å². The summed E-state index contributed by atoms with van der Waals surface area (Å²) < 4.78 is 0.877. The van der Waals surface area contributed by atoms with Gasteiger partial charge in [0.2, 0.25) is 0 Å². The normalized spacial score (nSPS) is 20.7. The molecule has 7 nitrogen and oxygen atoms in total. The van der Waals surface area contributed by atoms with Gasteiger partial charge in [0.1, 0.15) is 5.54 Å². The van der Waals surface area contributed by atoms with Gasteiger partial charge in [0.05, 0.1) is 0 Å². The molecule has 23 heavy (non-hydrogen) atoms. The molecule has 1 aliphatic rings. The van der Waals surface area contributed by atoms with Crippen molar-refractivity contribution in [1.29, 1.82) is 0 Å². The number of carbonyl (C=O) groups is 3. The van der Waals surface area contributed by atoms with Crippen molar-refractivity contribution in [1.82, 2.24) is 15.8 Å². The lowest BCUT2D eigenvalue weighted by Gasteiger charge is -2.29. The molecule has 0 spiro atoms. The first kappa shape index (κ1) is 17.3. The van der Waals surface area contributed by atoms with E-state index in [0.717, 1.165) is 9.48 Å². The van der Waals surface area contributed by atoms with Crippen LogP contribution in [0.5, 0.6) is 0 Å². The van der Waals surface area contributed by atoms with Crippen LogP contribution in [-0.2, 0) is 4.79 Å². The Morgan fingerprint density at radius 2 is 1.91 bits per heavy atom. The van der Waals surface area contributed by atoms with Crippen molar-refractivity contribution in [2.75, 3.05) is 5.32 Å². The fraction of sp³-hybridized carbons (Fsp3) is 0.400. The highest BCUT2D eigenvalue weighted by Gasteiger charge is 2.52. The summed E-state index contributed by atoms with van der Waals surface area (Å²) in [6.45, 7) is 5.53. The summed E-state index contributed by atoms with van der Waals surface area (Å²) in [5, 5.41) is 5.98. The minimum atomic E-state index is -0.984. The number of anilines is 1. The highest BCUT2D eigenvalue weighted by atomic mass is 79.9. The summed E-state index contributed by atoms with van der Waals surface area (Å²) in [6.07, 6.45) is 0.446. The number of hydrogen-bond acceptors (Lipinski definition) is 3. The predicted octanol–water partition coefficient (Wildman–Crippen LogP) is 2.84. The third-order valence-corrected chi connectivity index (χ3v) is 4.51. The van der Waals surface area contributed by atoms with Crippen LogP contribution in [0.15, 0.2) is 28.7 Å². The minimum Gasteiger partial charge on any atom is -0.321 e. The van der Waals surface area contributed by atoms with Gasteiger partial charge in [0.25, 0.3) is 5.91 Å². The zero-order valence-corrected chi connectivity index (χ0v) is 14.7. The number of benzene rings is 1. The van der Waals surface area contributed by atoms with Crippen LogP contribution >= 0.6 is 15.9 Å². The van der Waals surface area contributed by atoms with Gasteiger partial charge in [0, 0.05) is 10.2 Å². The van der Waals surface area contributed by atoms with Crippen molar-refractivity contribution in [2.24, 2.45) is 5.92 Å². The van der Waals surface area contributed by atoms with Crippen molar-refractivity contribution in [3.05, 3.63) is 28.7 Å². The molecule has 3 N–H and O–H groups in total. The SMILES string of the molecule is CC[C@@]1(C(C)C)NC(=O)N(NC(=O)Nc2ccc(Br)cc2)C1=O. The molecule has 1 atom stereocenters. The van der Waals surface area contributed by atoms with E-state index in [1.165, 1.54) is 0 Å². The van der Waals surface area contributed by atoms with Gasteiger partial charge in [-0.3, -0.25) is 4.79 Å². The molecule has 1 heterocycles. The number of carbonyl (C=O) groups excluding carboxylic acids is 3. The number of rotatable bonds is 4. The fourth-order valence-corrected chi connectivity index (χ4v) is 2.79. The number of imide groups is 1. The molecule has 5 amide bonds. The molecule has 1 aliphatic heterocycles. The molecule has 0 radical (unpaired) electrons. The van der Waals surface area contributed by atoms with Crippen molar-refractivity contribution in [3.8, 4) is 0 Å². The third kappa shape index (κ3) is 3.31. The van der Waals surface area contributed by atoms with Crippen LogP contribution in [0, 0.1) is 5.92 Å². The highest BCUT2D eigenvalue weighted by molar-refractivity contribution is 9.10. The zero-order valence-electron chi connectivity index (χ0n) is 13.1. The second kappa shape index (κ2) is 6.57. The Labute approximate surface area is 142 Å². The van der Waals surface area contributed by atoms with Gasteiger partial charge in [-0.25, -0.2) is 15.0 Å². The molecule has 0 unspecified atom stereocenters. The number of hydrogen-bond donors (Lipinski definition) is 3. The first-order valence-corrected chi connectivity index (χ1v) is 8.09. The molecular weight excluding hydrogens is 364 g/mol. The molecule has 124 valence electrons. The van der Waals surface area contributed by atoms with Gasteiger partial charge >= 0.3 is 12.1 Å². The molecule has 0 saturated carbocycles. The first-order valence-electron chi connectivity index (χ1n) is 7.30. The van der Waals surface area contributed by atoms with E-state index in [9.17, 15) is 14.4 Å². The third-order valence-electron chi connectivity index (χ3n) is 3.98. The molecule has 1 fully saturated rings.